The lowest BCUT2D eigenvalue weighted by molar-refractivity contribution is -0.385. The summed E-state index contributed by atoms with van der Waals surface area (Å²) in [6, 6.07) is 8.20. The Kier molecular flexibility index (Phi) is 3.18. The van der Waals surface area contributed by atoms with E-state index >= 15 is 0 Å². The highest BCUT2D eigenvalue weighted by Gasteiger charge is 2.09. The number of hydrogen-bond donors (Lipinski definition) is 0. The van der Waals surface area contributed by atoms with Crippen LogP contribution in [0.25, 0.3) is 0 Å². The number of benzene rings is 1. The zero-order chi connectivity index (χ0) is 13.1. The van der Waals surface area contributed by atoms with E-state index in [0.29, 0.717) is 5.56 Å². The van der Waals surface area contributed by atoms with Crippen molar-refractivity contribution in [1.82, 2.24) is 4.57 Å². The van der Waals surface area contributed by atoms with Crippen LogP contribution in [0, 0.1) is 15.9 Å². The second-order valence-corrected chi connectivity index (χ2v) is 3.70. The molecule has 0 aliphatic rings. The largest absolute Gasteiger partial charge is 0.304 e. The van der Waals surface area contributed by atoms with E-state index in [2.05, 4.69) is 0 Å². The van der Waals surface area contributed by atoms with Gasteiger partial charge < -0.3 is 4.57 Å². The molecule has 0 N–H and O–H groups in total. The van der Waals surface area contributed by atoms with Crippen molar-refractivity contribution in [3.05, 3.63) is 74.4 Å². The quantitative estimate of drug-likeness (QED) is 0.616. The first kappa shape index (κ1) is 12.0. The fraction of sp³-hybridized carbons (Fsp3) is 0.0833. The molecule has 2 aromatic rings. The van der Waals surface area contributed by atoms with E-state index < -0.39 is 16.3 Å². The molecule has 0 aliphatic carbocycles. The molecule has 92 valence electrons. The van der Waals surface area contributed by atoms with Crippen LogP contribution in [0.2, 0.25) is 0 Å². The minimum atomic E-state index is -0.600. The lowest BCUT2D eigenvalue weighted by atomic mass is 10.2. The molecule has 0 spiro atoms. The summed E-state index contributed by atoms with van der Waals surface area (Å²) in [4.78, 5) is 21.5. The lowest BCUT2D eigenvalue weighted by Crippen LogP contribution is -2.19. The van der Waals surface area contributed by atoms with Crippen LogP contribution < -0.4 is 5.56 Å². The Morgan fingerprint density at radius 1 is 1.22 bits per heavy atom. The van der Waals surface area contributed by atoms with Gasteiger partial charge in [-0.05, 0) is 6.07 Å². The molecule has 0 fully saturated rings. The Bertz CT molecular complexity index is 652. The molecule has 1 aromatic heterocycles. The Morgan fingerprint density at radius 3 is 2.61 bits per heavy atom. The van der Waals surface area contributed by atoms with Gasteiger partial charge in [0.25, 0.3) is 11.2 Å². The van der Waals surface area contributed by atoms with Gasteiger partial charge in [0, 0.05) is 17.7 Å². The van der Waals surface area contributed by atoms with Gasteiger partial charge in [-0.2, -0.15) is 0 Å². The van der Waals surface area contributed by atoms with E-state index in [9.17, 15) is 19.3 Å². The first-order valence-electron chi connectivity index (χ1n) is 5.16. The van der Waals surface area contributed by atoms with Crippen molar-refractivity contribution in [3.63, 3.8) is 0 Å². The van der Waals surface area contributed by atoms with E-state index in [-0.39, 0.29) is 12.2 Å². The van der Waals surface area contributed by atoms with Gasteiger partial charge in [-0.1, -0.05) is 18.2 Å². The van der Waals surface area contributed by atoms with Gasteiger partial charge in [-0.3, -0.25) is 14.9 Å². The summed E-state index contributed by atoms with van der Waals surface area (Å²) in [6.07, 6.45) is 1.11. The van der Waals surface area contributed by atoms with Crippen molar-refractivity contribution in [2.24, 2.45) is 0 Å². The highest BCUT2D eigenvalue weighted by molar-refractivity contribution is 5.26. The molecule has 0 amide bonds. The third-order valence-electron chi connectivity index (χ3n) is 2.48. The van der Waals surface area contributed by atoms with Gasteiger partial charge in [-0.15, -0.1) is 0 Å². The molecule has 18 heavy (non-hydrogen) atoms. The van der Waals surface area contributed by atoms with Gasteiger partial charge in [0.15, 0.2) is 0 Å². The average Bonchev–Trinajstić information content (AvgIpc) is 2.34. The van der Waals surface area contributed by atoms with Crippen molar-refractivity contribution < 1.29 is 9.31 Å². The smallest absolute Gasteiger partial charge is 0.285 e. The Balaban J connectivity index is 2.40. The second-order valence-electron chi connectivity index (χ2n) is 3.70. The van der Waals surface area contributed by atoms with Gasteiger partial charge in [-0.25, -0.2) is 4.39 Å². The molecule has 0 saturated carbocycles. The summed E-state index contributed by atoms with van der Waals surface area (Å²) in [5, 5.41) is 10.6. The normalized spacial score (nSPS) is 10.3. The fourth-order valence-corrected chi connectivity index (χ4v) is 1.56. The number of rotatable bonds is 3. The minimum Gasteiger partial charge on any atom is -0.304 e. The predicted molar refractivity (Wildman–Crippen MR) is 62.9 cm³/mol. The summed E-state index contributed by atoms with van der Waals surface area (Å²) in [5.41, 5.74) is -0.310. The van der Waals surface area contributed by atoms with Crippen LogP contribution in [-0.2, 0) is 6.54 Å². The van der Waals surface area contributed by atoms with Gasteiger partial charge in [0.1, 0.15) is 5.82 Å². The maximum absolute atomic E-state index is 13.4. The third kappa shape index (κ3) is 2.42. The summed E-state index contributed by atoms with van der Waals surface area (Å²) < 4.78 is 14.5. The maximum atomic E-state index is 13.4. The molecular formula is C12H9FN2O3. The minimum absolute atomic E-state index is 0.0345. The van der Waals surface area contributed by atoms with E-state index in [1.54, 1.807) is 6.07 Å². The first-order chi connectivity index (χ1) is 8.58. The van der Waals surface area contributed by atoms with Crippen molar-refractivity contribution >= 4 is 5.69 Å². The number of nitro groups is 1. The number of halogens is 1. The highest BCUT2D eigenvalue weighted by atomic mass is 19.1. The van der Waals surface area contributed by atoms with Crippen molar-refractivity contribution in [3.8, 4) is 0 Å². The monoisotopic (exact) mass is 248 g/mol. The van der Waals surface area contributed by atoms with Crippen molar-refractivity contribution in [2.75, 3.05) is 0 Å². The molecule has 0 radical (unpaired) electrons. The van der Waals surface area contributed by atoms with Crippen LogP contribution in [0.15, 0.2) is 47.4 Å². The van der Waals surface area contributed by atoms with E-state index in [1.807, 2.05) is 0 Å². The molecule has 0 aliphatic heterocycles. The predicted octanol–water partition coefficient (Wildman–Crippen LogP) is 1.94. The molecule has 6 heteroatoms. The number of pyridine rings is 1. The van der Waals surface area contributed by atoms with Gasteiger partial charge in [0.2, 0.25) is 0 Å². The first-order valence-corrected chi connectivity index (χ1v) is 5.16. The second kappa shape index (κ2) is 4.79. The van der Waals surface area contributed by atoms with Crippen molar-refractivity contribution in [1.29, 1.82) is 0 Å². The molecule has 0 atom stereocenters. The van der Waals surface area contributed by atoms with Crippen LogP contribution in [0.3, 0.4) is 0 Å². The zero-order valence-corrected chi connectivity index (χ0v) is 9.25. The lowest BCUT2D eigenvalue weighted by Gasteiger charge is -2.06. The van der Waals surface area contributed by atoms with Crippen LogP contribution in [0.5, 0.6) is 0 Å². The van der Waals surface area contributed by atoms with Crippen LogP contribution in [0.1, 0.15) is 5.56 Å². The molecular weight excluding hydrogens is 239 g/mol. The molecule has 1 aromatic carbocycles. The summed E-state index contributed by atoms with van der Waals surface area (Å²) >= 11 is 0. The summed E-state index contributed by atoms with van der Waals surface area (Å²) in [5.74, 6) is -0.448. The summed E-state index contributed by atoms with van der Waals surface area (Å²) in [6.45, 7) is -0.0345. The van der Waals surface area contributed by atoms with Crippen molar-refractivity contribution in [2.45, 2.75) is 6.54 Å². The Morgan fingerprint density at radius 2 is 1.94 bits per heavy atom. The Hall–Kier alpha value is -2.50. The number of hydrogen-bond acceptors (Lipinski definition) is 3. The topological polar surface area (TPSA) is 65.1 Å². The molecule has 0 bridgehead atoms. The van der Waals surface area contributed by atoms with E-state index in [0.717, 1.165) is 22.9 Å². The molecule has 5 nitrogen and oxygen atoms in total. The average molecular weight is 248 g/mol. The van der Waals surface area contributed by atoms with Crippen LogP contribution in [-0.4, -0.2) is 9.49 Å². The summed E-state index contributed by atoms with van der Waals surface area (Å²) in [7, 11) is 0. The Labute approximate surface area is 101 Å². The number of nitrogens with zero attached hydrogens (tertiary/aromatic N) is 2. The maximum Gasteiger partial charge on any atom is 0.285 e. The van der Waals surface area contributed by atoms with E-state index in [1.165, 1.54) is 18.2 Å². The number of aromatic nitrogens is 1. The van der Waals surface area contributed by atoms with Gasteiger partial charge in [0.05, 0.1) is 17.7 Å². The van der Waals surface area contributed by atoms with E-state index in [4.69, 9.17) is 0 Å². The molecule has 0 unspecified atom stereocenters. The third-order valence-corrected chi connectivity index (χ3v) is 2.48. The molecule has 0 saturated heterocycles. The van der Waals surface area contributed by atoms with Crippen LogP contribution >= 0.6 is 0 Å². The zero-order valence-electron chi connectivity index (χ0n) is 9.25. The standard InChI is InChI=1S/C12H9FN2O3/c13-11-4-2-1-3-9(11)7-14-8-10(15(17)18)5-6-12(14)16/h1-6,8H,7H2. The SMILES string of the molecule is O=c1ccc([N+](=O)[O-])cn1Cc1ccccc1F. The fourth-order valence-electron chi connectivity index (χ4n) is 1.56. The highest BCUT2D eigenvalue weighted by Crippen LogP contribution is 2.10. The molecule has 2 rings (SSSR count). The van der Waals surface area contributed by atoms with Gasteiger partial charge >= 0.3 is 0 Å². The molecule has 1 heterocycles. The van der Waals surface area contributed by atoms with Crippen LogP contribution in [0.4, 0.5) is 10.1 Å².